The van der Waals surface area contributed by atoms with Crippen LogP contribution in [0.3, 0.4) is 0 Å². The highest BCUT2D eigenvalue weighted by Gasteiger charge is 2.31. The van der Waals surface area contributed by atoms with Crippen LogP contribution in [-0.4, -0.2) is 83.1 Å². The summed E-state index contributed by atoms with van der Waals surface area (Å²) in [6, 6.07) is 0. The van der Waals surface area contributed by atoms with E-state index in [4.69, 9.17) is 4.55 Å². The van der Waals surface area contributed by atoms with Crippen molar-refractivity contribution in [1.82, 2.24) is 4.90 Å². The summed E-state index contributed by atoms with van der Waals surface area (Å²) in [6.45, 7) is 4.52. The predicted molar refractivity (Wildman–Crippen MR) is 108 cm³/mol. The van der Waals surface area contributed by atoms with Gasteiger partial charge < -0.3 is 10.2 Å². The molecule has 0 saturated carbocycles. The zero-order valence-corrected chi connectivity index (χ0v) is 17.7. The number of nitrogens with zero attached hydrogens (tertiary/aromatic N) is 2. The van der Waals surface area contributed by atoms with Gasteiger partial charge in [0.05, 0.1) is 6.61 Å². The van der Waals surface area contributed by atoms with Gasteiger partial charge in [-0.05, 0) is 6.42 Å². The molecule has 8 heteroatoms. The molecule has 0 aromatic heterocycles. The summed E-state index contributed by atoms with van der Waals surface area (Å²) < 4.78 is 32.8. The van der Waals surface area contributed by atoms with Gasteiger partial charge in [-0.1, -0.05) is 58.3 Å². The van der Waals surface area contributed by atoms with Gasteiger partial charge in [0.2, 0.25) is 5.84 Å². The molecule has 0 bridgehead atoms. The molecule has 160 valence electrons. The normalized spacial score (nSPS) is 16.4. The summed E-state index contributed by atoms with van der Waals surface area (Å²) in [7, 11) is -4.18. The van der Waals surface area contributed by atoms with Crippen LogP contribution in [0.25, 0.3) is 0 Å². The third-order valence-corrected chi connectivity index (χ3v) is 5.88. The van der Waals surface area contributed by atoms with Crippen LogP contribution in [0.4, 0.5) is 0 Å². The lowest BCUT2D eigenvalue weighted by molar-refractivity contribution is -0.527. The van der Waals surface area contributed by atoms with Crippen LogP contribution in [0.15, 0.2) is 0 Å². The molecule has 1 rings (SSSR count). The molecule has 0 saturated heterocycles. The number of β-amino-alcohol motifs (C(OH)–C–C–N with tert-alkyl or cyclic N) is 2. The number of hydrogen-bond donors (Lipinski definition) is 3. The van der Waals surface area contributed by atoms with Crippen molar-refractivity contribution in [1.29, 1.82) is 0 Å². The van der Waals surface area contributed by atoms with Crippen LogP contribution < -0.4 is 0 Å². The summed E-state index contributed by atoms with van der Waals surface area (Å²) in [4.78, 5) is 2.12. The molecule has 27 heavy (non-hydrogen) atoms. The Morgan fingerprint density at radius 1 is 1.07 bits per heavy atom. The van der Waals surface area contributed by atoms with Gasteiger partial charge in [0, 0.05) is 6.42 Å². The van der Waals surface area contributed by atoms with Gasteiger partial charge in [0.25, 0.3) is 10.1 Å². The number of aliphatic hydroxyl groups excluding tert-OH is 2. The van der Waals surface area contributed by atoms with E-state index in [1.54, 1.807) is 0 Å². The average Bonchev–Trinajstić information content (AvgIpc) is 2.93. The zero-order chi connectivity index (χ0) is 20.1. The van der Waals surface area contributed by atoms with Crippen molar-refractivity contribution < 1.29 is 27.8 Å². The van der Waals surface area contributed by atoms with Crippen molar-refractivity contribution in [2.45, 2.75) is 77.2 Å². The van der Waals surface area contributed by atoms with Gasteiger partial charge in [-0.15, -0.1) is 0 Å². The molecule has 0 aromatic rings. The Kier molecular flexibility index (Phi) is 12.1. The van der Waals surface area contributed by atoms with Crippen molar-refractivity contribution >= 4 is 16.0 Å². The average molecular weight is 408 g/mol. The first-order valence-electron chi connectivity index (χ1n) is 10.5. The van der Waals surface area contributed by atoms with Crippen LogP contribution in [-0.2, 0) is 10.1 Å². The first-order valence-corrected chi connectivity index (χ1v) is 12.1. The van der Waals surface area contributed by atoms with Crippen molar-refractivity contribution in [2.24, 2.45) is 0 Å². The highest BCUT2D eigenvalue weighted by molar-refractivity contribution is 7.85. The van der Waals surface area contributed by atoms with E-state index in [1.807, 2.05) is 4.58 Å². The Labute approximate surface area is 164 Å². The van der Waals surface area contributed by atoms with E-state index in [9.17, 15) is 18.6 Å². The molecular formula is C19H39N2O5S+. The maximum Gasteiger partial charge on any atom is 0.267 e. The topological polar surface area (TPSA) is 101 Å². The molecule has 0 amide bonds. The Hall–Kier alpha value is -0.700. The number of amidine groups is 1. The van der Waals surface area contributed by atoms with Gasteiger partial charge in [0.15, 0.2) is 0 Å². The summed E-state index contributed by atoms with van der Waals surface area (Å²) in [5.41, 5.74) is 0. The van der Waals surface area contributed by atoms with Crippen LogP contribution >= 0.6 is 0 Å². The second-order valence-corrected chi connectivity index (χ2v) is 9.05. The lowest BCUT2D eigenvalue weighted by Crippen LogP contribution is -2.35. The maximum absolute atomic E-state index is 10.9. The van der Waals surface area contributed by atoms with Gasteiger partial charge in [-0.2, -0.15) is 8.42 Å². The van der Waals surface area contributed by atoms with Gasteiger partial charge in [-0.25, -0.2) is 0 Å². The number of hydrogen-bond acceptors (Lipinski definition) is 5. The van der Waals surface area contributed by atoms with E-state index in [-0.39, 0.29) is 13.2 Å². The standard InChI is InChI=1S/C19H38N2O5S/c1-2-3-4-5-6-7-8-9-10-11-19-20(14-15-22)12-13-21(19)16-18(23)17-27(24,25)26/h18,22-23H,2-17H2,1H3/p+1. The fourth-order valence-corrected chi connectivity index (χ4v) is 4.31. The van der Waals surface area contributed by atoms with Gasteiger partial charge in [0.1, 0.15) is 38.0 Å². The fourth-order valence-electron chi connectivity index (χ4n) is 3.72. The quantitative estimate of drug-likeness (QED) is 0.205. The van der Waals surface area contributed by atoms with E-state index in [2.05, 4.69) is 11.8 Å². The molecule has 1 atom stereocenters. The minimum atomic E-state index is -4.18. The molecule has 0 fully saturated rings. The third kappa shape index (κ3) is 11.0. The van der Waals surface area contributed by atoms with Crippen LogP contribution in [0.2, 0.25) is 0 Å². The molecule has 1 unspecified atom stereocenters. The molecule has 7 nitrogen and oxygen atoms in total. The fraction of sp³-hybridized carbons (Fsp3) is 0.947. The van der Waals surface area contributed by atoms with Crippen molar-refractivity contribution in [2.75, 3.05) is 38.5 Å². The van der Waals surface area contributed by atoms with Gasteiger partial charge >= 0.3 is 0 Å². The zero-order valence-electron chi connectivity index (χ0n) is 16.9. The SMILES string of the molecule is CCCCCCCCCCCC1=[N+](CC(O)CS(=O)(=O)O)CCN1CCO. The minimum absolute atomic E-state index is 0.0721. The second-order valence-electron chi connectivity index (χ2n) is 7.55. The van der Waals surface area contributed by atoms with Crippen LogP contribution in [0.1, 0.15) is 71.1 Å². The molecule has 1 aliphatic rings. The molecule has 1 heterocycles. The Morgan fingerprint density at radius 2 is 1.67 bits per heavy atom. The van der Waals surface area contributed by atoms with Crippen molar-refractivity contribution in [3.8, 4) is 0 Å². The molecular weight excluding hydrogens is 368 g/mol. The number of aliphatic hydroxyl groups is 2. The minimum Gasteiger partial charge on any atom is -0.392 e. The highest BCUT2D eigenvalue weighted by atomic mass is 32.2. The summed E-state index contributed by atoms with van der Waals surface area (Å²) >= 11 is 0. The molecule has 0 aliphatic carbocycles. The third-order valence-electron chi connectivity index (χ3n) is 5.08. The van der Waals surface area contributed by atoms with E-state index in [0.717, 1.165) is 31.6 Å². The van der Waals surface area contributed by atoms with Crippen LogP contribution in [0, 0.1) is 0 Å². The summed E-state index contributed by atoms with van der Waals surface area (Å²) in [5, 5.41) is 19.2. The Bertz CT molecular complexity index is 536. The molecule has 1 aliphatic heterocycles. The van der Waals surface area contributed by atoms with Gasteiger partial charge in [-0.3, -0.25) is 14.0 Å². The largest absolute Gasteiger partial charge is 0.392 e. The number of rotatable bonds is 16. The Morgan fingerprint density at radius 3 is 2.22 bits per heavy atom. The molecule has 0 aromatic carbocycles. The lowest BCUT2D eigenvalue weighted by atomic mass is 10.1. The Balaban J connectivity index is 2.42. The van der Waals surface area contributed by atoms with Crippen LogP contribution in [0.5, 0.6) is 0 Å². The van der Waals surface area contributed by atoms with E-state index in [1.165, 1.54) is 44.9 Å². The lowest BCUT2D eigenvalue weighted by Gasteiger charge is -2.14. The molecule has 0 radical (unpaired) electrons. The maximum atomic E-state index is 10.9. The number of unbranched alkanes of at least 4 members (excludes halogenated alkanes) is 8. The first kappa shape index (κ1) is 24.3. The summed E-state index contributed by atoms with van der Waals surface area (Å²) in [6.07, 6.45) is 11.0. The first-order chi connectivity index (χ1) is 12.9. The van der Waals surface area contributed by atoms with E-state index < -0.39 is 22.0 Å². The van der Waals surface area contributed by atoms with E-state index in [0.29, 0.717) is 13.1 Å². The van der Waals surface area contributed by atoms with Crippen molar-refractivity contribution in [3.63, 3.8) is 0 Å². The summed E-state index contributed by atoms with van der Waals surface area (Å²) in [5.74, 6) is 0.427. The second kappa shape index (κ2) is 13.5. The smallest absolute Gasteiger partial charge is 0.267 e. The molecule has 0 spiro atoms. The molecule has 3 N–H and O–H groups in total. The highest BCUT2D eigenvalue weighted by Crippen LogP contribution is 2.14. The predicted octanol–water partition coefficient (Wildman–Crippen LogP) is 1.87. The van der Waals surface area contributed by atoms with E-state index >= 15 is 0 Å². The monoisotopic (exact) mass is 407 g/mol. The van der Waals surface area contributed by atoms with Crippen molar-refractivity contribution in [3.05, 3.63) is 0 Å².